The summed E-state index contributed by atoms with van der Waals surface area (Å²) in [6, 6.07) is 9.91. The molecule has 0 spiro atoms. The number of rotatable bonds is 5. The van der Waals surface area contributed by atoms with Gasteiger partial charge in [0.2, 0.25) is 0 Å². The zero-order chi connectivity index (χ0) is 17.9. The SMILES string of the molecule is CCC1CC2(C(=O)OCc3ccccc3)CC(C)CC(C2)/C1=N\OC. The van der Waals surface area contributed by atoms with Crippen LogP contribution >= 0.6 is 0 Å². The fourth-order valence-electron chi connectivity index (χ4n) is 4.91. The van der Waals surface area contributed by atoms with Crippen molar-refractivity contribution in [3.8, 4) is 0 Å². The van der Waals surface area contributed by atoms with Gasteiger partial charge in [-0.05, 0) is 43.6 Å². The number of ether oxygens (including phenoxy) is 1. The summed E-state index contributed by atoms with van der Waals surface area (Å²) < 4.78 is 5.77. The minimum atomic E-state index is -0.357. The van der Waals surface area contributed by atoms with E-state index in [4.69, 9.17) is 9.57 Å². The third-order valence-corrected chi connectivity index (χ3v) is 5.87. The highest BCUT2D eigenvalue weighted by atomic mass is 16.6. The van der Waals surface area contributed by atoms with Crippen molar-refractivity contribution in [3.05, 3.63) is 35.9 Å². The number of esters is 1. The summed E-state index contributed by atoms with van der Waals surface area (Å²) in [5.74, 6) is 1.13. The van der Waals surface area contributed by atoms with Gasteiger partial charge in [-0.15, -0.1) is 0 Å². The van der Waals surface area contributed by atoms with E-state index in [0.29, 0.717) is 24.4 Å². The molecule has 3 rings (SSSR count). The molecule has 0 heterocycles. The van der Waals surface area contributed by atoms with E-state index in [1.165, 1.54) is 0 Å². The molecule has 0 saturated heterocycles. The first-order valence-corrected chi connectivity index (χ1v) is 9.40. The number of nitrogens with zero attached hydrogens (tertiary/aromatic N) is 1. The summed E-state index contributed by atoms with van der Waals surface area (Å²) >= 11 is 0. The van der Waals surface area contributed by atoms with E-state index >= 15 is 0 Å². The van der Waals surface area contributed by atoms with Gasteiger partial charge in [0.25, 0.3) is 0 Å². The molecule has 4 unspecified atom stereocenters. The van der Waals surface area contributed by atoms with Crippen molar-refractivity contribution in [1.82, 2.24) is 0 Å². The highest BCUT2D eigenvalue weighted by Gasteiger charge is 2.53. The van der Waals surface area contributed by atoms with Gasteiger partial charge in [-0.3, -0.25) is 4.79 Å². The van der Waals surface area contributed by atoms with Crippen LogP contribution in [0.5, 0.6) is 0 Å². The lowest BCUT2D eigenvalue weighted by atomic mass is 9.55. The molecule has 1 aromatic rings. The van der Waals surface area contributed by atoms with Crippen LogP contribution < -0.4 is 0 Å². The Bertz CT molecular complexity index is 627. The molecule has 0 N–H and O–H groups in total. The molecule has 2 saturated carbocycles. The van der Waals surface area contributed by atoms with Crippen molar-refractivity contribution < 1.29 is 14.4 Å². The van der Waals surface area contributed by atoms with Crippen molar-refractivity contribution >= 4 is 11.7 Å². The average Bonchev–Trinajstić information content (AvgIpc) is 2.62. The molecule has 0 amide bonds. The van der Waals surface area contributed by atoms with Gasteiger partial charge in [-0.25, -0.2) is 0 Å². The molecule has 25 heavy (non-hydrogen) atoms. The summed E-state index contributed by atoms with van der Waals surface area (Å²) in [4.78, 5) is 18.2. The van der Waals surface area contributed by atoms with Crippen LogP contribution in [-0.4, -0.2) is 18.8 Å². The molecule has 2 bridgehead atoms. The van der Waals surface area contributed by atoms with E-state index in [1.54, 1.807) is 7.11 Å². The highest BCUT2D eigenvalue weighted by molar-refractivity contribution is 5.92. The number of benzene rings is 1. The lowest BCUT2D eigenvalue weighted by Gasteiger charge is -2.48. The van der Waals surface area contributed by atoms with E-state index < -0.39 is 0 Å². The van der Waals surface area contributed by atoms with Crippen LogP contribution in [-0.2, 0) is 21.0 Å². The third kappa shape index (κ3) is 3.73. The van der Waals surface area contributed by atoms with E-state index in [9.17, 15) is 4.79 Å². The summed E-state index contributed by atoms with van der Waals surface area (Å²) in [6.07, 6.45) is 4.69. The Morgan fingerprint density at radius 1 is 1.24 bits per heavy atom. The summed E-state index contributed by atoms with van der Waals surface area (Å²) in [5, 5.41) is 4.34. The van der Waals surface area contributed by atoms with Crippen molar-refractivity contribution in [3.63, 3.8) is 0 Å². The van der Waals surface area contributed by atoms with Gasteiger partial charge in [-0.2, -0.15) is 0 Å². The van der Waals surface area contributed by atoms with Gasteiger partial charge in [0.15, 0.2) is 0 Å². The van der Waals surface area contributed by atoms with Gasteiger partial charge >= 0.3 is 5.97 Å². The van der Waals surface area contributed by atoms with Crippen LogP contribution in [0.3, 0.4) is 0 Å². The standard InChI is InChI=1S/C21H29NO3/c1-4-17-12-21(20(23)25-14-16-8-6-5-7-9-16)11-15(2)10-18(13-21)19(17)22-24-3/h5-9,15,17-18H,4,10-14H2,1-3H3/b22-19-. The number of oxime groups is 1. The van der Waals surface area contributed by atoms with Crippen LogP contribution in [0.15, 0.2) is 35.5 Å². The van der Waals surface area contributed by atoms with Crippen LogP contribution in [0, 0.1) is 23.2 Å². The maximum Gasteiger partial charge on any atom is 0.312 e. The second kappa shape index (κ2) is 7.59. The molecule has 4 atom stereocenters. The number of hydrogen-bond donors (Lipinski definition) is 0. The summed E-state index contributed by atoms with van der Waals surface area (Å²) in [7, 11) is 1.61. The topological polar surface area (TPSA) is 47.9 Å². The fourth-order valence-corrected chi connectivity index (χ4v) is 4.91. The Morgan fingerprint density at radius 3 is 2.68 bits per heavy atom. The molecule has 1 aromatic carbocycles. The highest BCUT2D eigenvalue weighted by Crippen LogP contribution is 2.53. The molecule has 0 aromatic heterocycles. The van der Waals surface area contributed by atoms with Gasteiger partial charge in [0, 0.05) is 11.8 Å². The Balaban J connectivity index is 1.78. The van der Waals surface area contributed by atoms with Crippen LogP contribution in [0.25, 0.3) is 0 Å². The maximum atomic E-state index is 13.1. The molecule has 4 nitrogen and oxygen atoms in total. The first-order valence-electron chi connectivity index (χ1n) is 9.40. The van der Waals surface area contributed by atoms with E-state index in [0.717, 1.165) is 43.4 Å². The second-order valence-corrected chi connectivity index (χ2v) is 7.80. The minimum Gasteiger partial charge on any atom is -0.460 e. The molecular formula is C21H29NO3. The van der Waals surface area contributed by atoms with E-state index in [1.807, 2.05) is 30.3 Å². The molecular weight excluding hydrogens is 314 g/mol. The van der Waals surface area contributed by atoms with Crippen molar-refractivity contribution in [1.29, 1.82) is 0 Å². The Kier molecular flexibility index (Phi) is 5.45. The van der Waals surface area contributed by atoms with Gasteiger partial charge in [0.05, 0.1) is 11.1 Å². The maximum absolute atomic E-state index is 13.1. The smallest absolute Gasteiger partial charge is 0.312 e. The minimum absolute atomic E-state index is 0.0252. The zero-order valence-electron chi connectivity index (χ0n) is 15.5. The molecule has 136 valence electrons. The normalized spacial score (nSPS) is 33.1. The largest absolute Gasteiger partial charge is 0.460 e. The van der Waals surface area contributed by atoms with Crippen molar-refractivity contribution in [2.75, 3.05) is 7.11 Å². The summed E-state index contributed by atoms with van der Waals surface area (Å²) in [5.41, 5.74) is 1.84. The summed E-state index contributed by atoms with van der Waals surface area (Å²) in [6.45, 7) is 4.77. The molecule has 2 fully saturated rings. The van der Waals surface area contributed by atoms with E-state index in [-0.39, 0.29) is 11.4 Å². The monoisotopic (exact) mass is 343 g/mol. The van der Waals surface area contributed by atoms with Crippen LogP contribution in [0.1, 0.15) is 51.5 Å². The number of fused-ring (bicyclic) bond motifs is 2. The zero-order valence-corrected chi connectivity index (χ0v) is 15.5. The predicted octanol–water partition coefficient (Wildman–Crippen LogP) is 4.58. The Morgan fingerprint density at radius 2 is 2.00 bits per heavy atom. The number of carbonyl (C=O) groups is 1. The van der Waals surface area contributed by atoms with Gasteiger partial charge < -0.3 is 9.57 Å². The van der Waals surface area contributed by atoms with Crippen molar-refractivity contribution in [2.24, 2.45) is 28.3 Å². The average molecular weight is 343 g/mol. The number of carbonyl (C=O) groups excluding carboxylic acids is 1. The van der Waals surface area contributed by atoms with E-state index in [2.05, 4.69) is 19.0 Å². The predicted molar refractivity (Wildman–Crippen MR) is 98.0 cm³/mol. The molecule has 0 aliphatic heterocycles. The lowest BCUT2D eigenvalue weighted by Crippen LogP contribution is -2.49. The molecule has 4 heteroatoms. The fraction of sp³-hybridized carbons (Fsp3) is 0.619. The Labute approximate surface area is 150 Å². The second-order valence-electron chi connectivity index (χ2n) is 7.80. The first kappa shape index (κ1) is 18.0. The number of hydrogen-bond acceptors (Lipinski definition) is 4. The first-order chi connectivity index (χ1) is 12.1. The van der Waals surface area contributed by atoms with Gasteiger partial charge in [0.1, 0.15) is 13.7 Å². The molecule has 2 aliphatic carbocycles. The Hall–Kier alpha value is -1.84. The third-order valence-electron chi connectivity index (χ3n) is 5.87. The molecule has 2 aliphatic rings. The lowest BCUT2D eigenvalue weighted by molar-refractivity contribution is -0.163. The molecule has 0 radical (unpaired) electrons. The van der Waals surface area contributed by atoms with Crippen LogP contribution in [0.2, 0.25) is 0 Å². The quantitative estimate of drug-likeness (QED) is 0.580. The van der Waals surface area contributed by atoms with Gasteiger partial charge in [-0.1, -0.05) is 49.3 Å². The van der Waals surface area contributed by atoms with Crippen molar-refractivity contribution in [2.45, 2.75) is 52.6 Å². The van der Waals surface area contributed by atoms with Crippen LogP contribution in [0.4, 0.5) is 0 Å².